The summed E-state index contributed by atoms with van der Waals surface area (Å²) in [5.41, 5.74) is 0. The van der Waals surface area contributed by atoms with E-state index >= 15 is 0 Å². The Kier molecular flexibility index (Phi) is 3.40. The normalized spacial score (nSPS) is 17.9. The van der Waals surface area contributed by atoms with Crippen LogP contribution in [0.5, 0.6) is 0 Å². The first-order valence-electron chi connectivity index (χ1n) is 3.77. The summed E-state index contributed by atoms with van der Waals surface area (Å²) in [4.78, 5) is 23.6. The predicted octanol–water partition coefficient (Wildman–Crippen LogP) is -0.692. The molecule has 0 unspecified atom stereocenters. The lowest BCUT2D eigenvalue weighted by atomic mass is 10.3. The van der Waals surface area contributed by atoms with Gasteiger partial charge in [-0.05, 0) is 6.26 Å². The van der Waals surface area contributed by atoms with E-state index in [1.165, 1.54) is 0 Å². The molecule has 1 rings (SSSR count). The molecule has 0 bridgehead atoms. The third-order valence-corrected chi connectivity index (χ3v) is 2.28. The molecule has 1 N–H and O–H groups in total. The summed E-state index contributed by atoms with van der Waals surface area (Å²) < 4.78 is 0. The van der Waals surface area contributed by atoms with Crippen LogP contribution in [-0.4, -0.2) is 48.4 Å². The average molecular weight is 188 g/mol. The highest BCUT2D eigenvalue weighted by Crippen LogP contribution is 1.98. The van der Waals surface area contributed by atoms with Crippen LogP contribution in [0.2, 0.25) is 0 Å². The smallest absolute Gasteiger partial charge is 0.242 e. The largest absolute Gasteiger partial charge is 0.345 e. The van der Waals surface area contributed by atoms with Gasteiger partial charge in [0.05, 0.1) is 13.1 Å². The van der Waals surface area contributed by atoms with E-state index in [-0.39, 0.29) is 24.9 Å². The van der Waals surface area contributed by atoms with Gasteiger partial charge in [-0.2, -0.15) is 11.8 Å². The quantitative estimate of drug-likeness (QED) is 0.637. The first kappa shape index (κ1) is 9.38. The van der Waals surface area contributed by atoms with Crippen molar-refractivity contribution >= 4 is 23.6 Å². The Morgan fingerprint density at radius 3 is 3.00 bits per heavy atom. The van der Waals surface area contributed by atoms with Crippen LogP contribution < -0.4 is 5.32 Å². The zero-order valence-electron chi connectivity index (χ0n) is 7.00. The molecule has 1 aliphatic heterocycles. The topological polar surface area (TPSA) is 49.4 Å². The second kappa shape index (κ2) is 4.35. The summed E-state index contributed by atoms with van der Waals surface area (Å²) in [5.74, 6) is 0.846. The van der Waals surface area contributed by atoms with Gasteiger partial charge in [0.25, 0.3) is 0 Å². The molecule has 1 fully saturated rings. The summed E-state index contributed by atoms with van der Waals surface area (Å²) in [5, 5.41) is 2.50. The SMILES string of the molecule is CSCCN1CC(=O)NCC1=O. The highest BCUT2D eigenvalue weighted by atomic mass is 32.2. The average Bonchev–Trinajstić information content (AvgIpc) is 2.07. The van der Waals surface area contributed by atoms with Gasteiger partial charge in [0.2, 0.25) is 11.8 Å². The number of hydrogen-bond acceptors (Lipinski definition) is 3. The fourth-order valence-electron chi connectivity index (χ4n) is 1.01. The molecule has 1 heterocycles. The first-order chi connectivity index (χ1) is 5.74. The Labute approximate surface area is 75.7 Å². The second-order valence-electron chi connectivity index (χ2n) is 2.58. The summed E-state index contributed by atoms with van der Waals surface area (Å²) in [7, 11) is 0. The van der Waals surface area contributed by atoms with Gasteiger partial charge in [-0.1, -0.05) is 0 Å². The van der Waals surface area contributed by atoms with E-state index in [4.69, 9.17) is 0 Å². The van der Waals surface area contributed by atoms with E-state index in [9.17, 15) is 9.59 Å². The number of amides is 2. The number of carbonyl (C=O) groups is 2. The van der Waals surface area contributed by atoms with Gasteiger partial charge in [-0.15, -0.1) is 0 Å². The minimum absolute atomic E-state index is 0.0173. The van der Waals surface area contributed by atoms with E-state index in [0.717, 1.165) is 5.75 Å². The summed E-state index contributed by atoms with van der Waals surface area (Å²) >= 11 is 1.67. The minimum atomic E-state index is -0.0595. The van der Waals surface area contributed by atoms with Crippen molar-refractivity contribution in [3.8, 4) is 0 Å². The lowest BCUT2D eigenvalue weighted by molar-refractivity contribution is -0.140. The molecule has 0 aromatic heterocycles. The molecule has 0 atom stereocenters. The molecular weight excluding hydrogens is 176 g/mol. The highest BCUT2D eigenvalue weighted by molar-refractivity contribution is 7.98. The monoisotopic (exact) mass is 188 g/mol. The number of thioether (sulfide) groups is 1. The van der Waals surface area contributed by atoms with E-state index in [1.54, 1.807) is 16.7 Å². The van der Waals surface area contributed by atoms with E-state index < -0.39 is 0 Å². The van der Waals surface area contributed by atoms with E-state index in [0.29, 0.717) is 6.54 Å². The molecule has 0 radical (unpaired) electrons. The van der Waals surface area contributed by atoms with Crippen molar-refractivity contribution in [1.29, 1.82) is 0 Å². The molecule has 12 heavy (non-hydrogen) atoms. The van der Waals surface area contributed by atoms with Gasteiger partial charge in [-0.25, -0.2) is 0 Å². The Morgan fingerprint density at radius 2 is 2.33 bits per heavy atom. The Bertz CT molecular complexity index is 196. The molecular formula is C7H12N2O2S. The third-order valence-electron chi connectivity index (χ3n) is 1.69. The second-order valence-corrected chi connectivity index (χ2v) is 3.57. The molecule has 0 spiro atoms. The molecule has 4 nitrogen and oxygen atoms in total. The van der Waals surface area contributed by atoms with Gasteiger partial charge in [-0.3, -0.25) is 9.59 Å². The molecule has 0 aromatic carbocycles. The van der Waals surface area contributed by atoms with Crippen LogP contribution in [-0.2, 0) is 9.59 Å². The maximum Gasteiger partial charge on any atom is 0.242 e. The Hall–Kier alpha value is -0.710. The van der Waals surface area contributed by atoms with Crippen LogP contribution in [0, 0.1) is 0 Å². The molecule has 1 saturated heterocycles. The molecule has 0 aliphatic carbocycles. The number of carbonyl (C=O) groups excluding carboxylic acids is 2. The zero-order chi connectivity index (χ0) is 8.97. The van der Waals surface area contributed by atoms with Gasteiger partial charge < -0.3 is 10.2 Å². The number of nitrogens with one attached hydrogen (secondary N) is 1. The maximum absolute atomic E-state index is 11.1. The molecule has 5 heteroatoms. The van der Waals surface area contributed by atoms with Crippen LogP contribution in [0.1, 0.15) is 0 Å². The summed E-state index contributed by atoms with van der Waals surface area (Å²) in [6.07, 6.45) is 1.98. The maximum atomic E-state index is 11.1. The van der Waals surface area contributed by atoms with Gasteiger partial charge in [0.15, 0.2) is 0 Å². The van der Waals surface area contributed by atoms with Gasteiger partial charge >= 0.3 is 0 Å². The van der Waals surface area contributed by atoms with Crippen molar-refractivity contribution in [3.63, 3.8) is 0 Å². The fraction of sp³-hybridized carbons (Fsp3) is 0.714. The predicted molar refractivity (Wildman–Crippen MR) is 48.0 cm³/mol. The zero-order valence-corrected chi connectivity index (χ0v) is 7.82. The van der Waals surface area contributed by atoms with Gasteiger partial charge in [0, 0.05) is 12.3 Å². The first-order valence-corrected chi connectivity index (χ1v) is 5.17. The van der Waals surface area contributed by atoms with Crippen LogP contribution in [0.4, 0.5) is 0 Å². The van der Waals surface area contributed by atoms with Crippen molar-refractivity contribution < 1.29 is 9.59 Å². The van der Waals surface area contributed by atoms with Crippen LogP contribution in [0.3, 0.4) is 0 Å². The minimum Gasteiger partial charge on any atom is -0.345 e. The number of hydrogen-bond donors (Lipinski definition) is 1. The number of rotatable bonds is 3. The van der Waals surface area contributed by atoms with Crippen molar-refractivity contribution in [2.24, 2.45) is 0 Å². The van der Waals surface area contributed by atoms with Crippen LogP contribution >= 0.6 is 11.8 Å². The lowest BCUT2D eigenvalue weighted by Crippen LogP contribution is -2.52. The molecule has 0 saturated carbocycles. The number of piperazine rings is 1. The molecule has 68 valence electrons. The highest BCUT2D eigenvalue weighted by Gasteiger charge is 2.21. The lowest BCUT2D eigenvalue weighted by Gasteiger charge is -2.26. The van der Waals surface area contributed by atoms with Crippen molar-refractivity contribution in [2.75, 3.05) is 31.6 Å². The van der Waals surface area contributed by atoms with E-state index in [2.05, 4.69) is 5.32 Å². The molecule has 0 aromatic rings. The van der Waals surface area contributed by atoms with Crippen molar-refractivity contribution in [2.45, 2.75) is 0 Å². The standard InChI is InChI=1S/C7H12N2O2S/c1-12-3-2-9-5-6(10)8-4-7(9)11/h2-5H2,1H3,(H,8,10). The van der Waals surface area contributed by atoms with Crippen molar-refractivity contribution in [1.82, 2.24) is 10.2 Å². The molecule has 1 aliphatic rings. The fourth-order valence-corrected chi connectivity index (χ4v) is 1.41. The summed E-state index contributed by atoms with van der Waals surface area (Å²) in [6, 6.07) is 0. The molecule has 2 amide bonds. The van der Waals surface area contributed by atoms with Crippen molar-refractivity contribution in [3.05, 3.63) is 0 Å². The van der Waals surface area contributed by atoms with Crippen LogP contribution in [0.15, 0.2) is 0 Å². The Morgan fingerprint density at radius 1 is 1.58 bits per heavy atom. The van der Waals surface area contributed by atoms with Gasteiger partial charge in [0.1, 0.15) is 0 Å². The third kappa shape index (κ3) is 2.41. The Balaban J connectivity index is 2.38. The number of nitrogens with zero attached hydrogens (tertiary/aromatic N) is 1. The van der Waals surface area contributed by atoms with E-state index in [1.807, 2.05) is 6.26 Å². The van der Waals surface area contributed by atoms with Crippen LogP contribution in [0.25, 0.3) is 0 Å². The summed E-state index contributed by atoms with van der Waals surface area (Å²) in [6.45, 7) is 1.06.